The monoisotopic (exact) mass is 649 g/mol. The molecule has 1 aromatic heterocycles. The summed E-state index contributed by atoms with van der Waals surface area (Å²) in [6.07, 6.45) is 6.35. The highest BCUT2D eigenvalue weighted by Crippen LogP contribution is 2.35. The molecule has 0 bridgehead atoms. The van der Waals surface area contributed by atoms with Crippen LogP contribution in [0.5, 0.6) is 0 Å². The number of aliphatic imine (C=N–C) groups is 1. The first-order valence-corrected chi connectivity index (χ1v) is 17.7. The van der Waals surface area contributed by atoms with Crippen LogP contribution in [0.4, 0.5) is 0 Å². The Labute approximate surface area is 269 Å². The summed E-state index contributed by atoms with van der Waals surface area (Å²) in [5.41, 5.74) is 2.68. The Morgan fingerprint density at radius 3 is 2.42 bits per heavy atom. The number of benzene rings is 2. The Morgan fingerprint density at radius 1 is 1.04 bits per heavy atom. The highest BCUT2D eigenvalue weighted by Gasteiger charge is 2.32. The number of sulfonamides is 1. The van der Waals surface area contributed by atoms with Gasteiger partial charge in [-0.25, -0.2) is 13.1 Å². The van der Waals surface area contributed by atoms with Crippen molar-refractivity contribution in [3.63, 3.8) is 0 Å². The number of amides is 1. The number of esters is 1. The first kappa shape index (κ1) is 32.6. The van der Waals surface area contributed by atoms with Crippen LogP contribution in [0.2, 0.25) is 0 Å². The van der Waals surface area contributed by atoms with Gasteiger partial charge in [-0.2, -0.15) is 14.4 Å². The average molecular weight is 650 g/mol. The summed E-state index contributed by atoms with van der Waals surface area (Å²) in [7, 11) is -3.71. The van der Waals surface area contributed by atoms with E-state index in [4.69, 9.17) is 9.84 Å². The predicted molar refractivity (Wildman–Crippen MR) is 177 cm³/mol. The van der Waals surface area contributed by atoms with Crippen molar-refractivity contribution in [1.82, 2.24) is 19.0 Å². The molecule has 3 aromatic rings. The molecule has 2 aliphatic heterocycles. The van der Waals surface area contributed by atoms with Crippen molar-refractivity contribution in [1.29, 1.82) is 0 Å². The van der Waals surface area contributed by atoms with E-state index in [1.807, 2.05) is 61.3 Å². The minimum Gasteiger partial charge on any atom is -0.466 e. The van der Waals surface area contributed by atoms with Crippen molar-refractivity contribution in [3.05, 3.63) is 71.3 Å². The van der Waals surface area contributed by atoms with E-state index >= 15 is 0 Å². The number of carbonyl (C=O) groups is 2. The first-order valence-electron chi connectivity index (χ1n) is 15.4. The number of hydrogen-bond acceptors (Lipinski definition) is 8. The topological polar surface area (TPSA) is 114 Å². The summed E-state index contributed by atoms with van der Waals surface area (Å²) in [5.74, 6) is -0.647. The predicted octanol–water partition coefficient (Wildman–Crippen LogP) is 5.60. The molecule has 2 aromatic carbocycles. The number of nitrogens with zero attached hydrogens (tertiary/aromatic N) is 5. The number of thioether (sulfide) groups is 1. The highest BCUT2D eigenvalue weighted by molar-refractivity contribution is 8.18. The molecule has 0 aliphatic carbocycles. The molecule has 1 fully saturated rings. The fraction of sp³-hybridized carbons (Fsp3) is 0.394. The second-order valence-electron chi connectivity index (χ2n) is 11.0. The number of carbonyl (C=O) groups excluding carboxylic acids is 2. The number of para-hydroxylation sites is 1. The van der Waals surface area contributed by atoms with Gasteiger partial charge in [0.15, 0.2) is 5.17 Å². The van der Waals surface area contributed by atoms with Gasteiger partial charge in [-0.15, -0.1) is 0 Å². The molecule has 238 valence electrons. The zero-order valence-corrected chi connectivity index (χ0v) is 27.5. The smallest absolute Gasteiger partial charge is 0.309 e. The standard InChI is InChI=1S/C33H39N5O5S2/c1-4-17-37(18-5-2)45(41,42)28-14-10-11-25(21-28)30-26(23-38(35-30)27-12-8-7-9-13-27)22-29-31(39)34-33(44-29)36-19-15-24(16-20-36)32(40)43-6-3/h7-14,21-24H,4-6,15-20H2,1-3H3/b29-22-. The number of aromatic nitrogens is 2. The van der Waals surface area contributed by atoms with Crippen molar-refractivity contribution in [2.75, 3.05) is 32.8 Å². The van der Waals surface area contributed by atoms with E-state index in [0.29, 0.717) is 72.5 Å². The lowest BCUT2D eigenvalue weighted by molar-refractivity contribution is -0.149. The van der Waals surface area contributed by atoms with Gasteiger partial charge < -0.3 is 9.64 Å². The summed E-state index contributed by atoms with van der Waals surface area (Å²) >= 11 is 1.30. The van der Waals surface area contributed by atoms with Crippen LogP contribution in [0.3, 0.4) is 0 Å². The van der Waals surface area contributed by atoms with E-state index in [0.717, 1.165) is 18.5 Å². The molecule has 0 saturated carbocycles. The molecule has 0 atom stereocenters. The quantitative estimate of drug-likeness (QED) is 0.195. The molecule has 0 N–H and O–H groups in total. The molecule has 2 aliphatic rings. The van der Waals surface area contributed by atoms with E-state index in [2.05, 4.69) is 4.99 Å². The zero-order valence-electron chi connectivity index (χ0n) is 25.9. The number of amidine groups is 1. The molecular formula is C33H39N5O5S2. The third-order valence-corrected chi connectivity index (χ3v) is 10.7. The first-order chi connectivity index (χ1) is 21.7. The largest absolute Gasteiger partial charge is 0.466 e. The average Bonchev–Trinajstić information content (AvgIpc) is 3.65. The fourth-order valence-electron chi connectivity index (χ4n) is 5.48. The van der Waals surface area contributed by atoms with Crippen LogP contribution in [0.25, 0.3) is 23.0 Å². The number of hydrogen-bond donors (Lipinski definition) is 0. The van der Waals surface area contributed by atoms with Crippen molar-refractivity contribution < 1.29 is 22.7 Å². The van der Waals surface area contributed by atoms with Gasteiger partial charge in [-0.05, 0) is 74.7 Å². The molecule has 0 unspecified atom stereocenters. The lowest BCUT2D eigenvalue weighted by Gasteiger charge is -2.31. The molecule has 12 heteroatoms. The van der Waals surface area contributed by atoms with Gasteiger partial charge in [-0.1, -0.05) is 44.2 Å². The van der Waals surface area contributed by atoms with Gasteiger partial charge >= 0.3 is 5.97 Å². The summed E-state index contributed by atoms with van der Waals surface area (Å²) in [5, 5.41) is 5.48. The minimum atomic E-state index is -3.71. The van der Waals surface area contributed by atoms with Crippen LogP contribution < -0.4 is 0 Å². The molecule has 0 spiro atoms. The second-order valence-corrected chi connectivity index (χ2v) is 13.9. The minimum absolute atomic E-state index is 0.138. The van der Waals surface area contributed by atoms with E-state index < -0.39 is 10.0 Å². The normalized spacial score (nSPS) is 16.9. The van der Waals surface area contributed by atoms with Crippen LogP contribution in [0.1, 0.15) is 52.0 Å². The van der Waals surface area contributed by atoms with Crippen LogP contribution >= 0.6 is 11.8 Å². The number of piperidine rings is 1. The van der Waals surface area contributed by atoms with Gasteiger partial charge in [-0.3, -0.25) is 9.59 Å². The lowest BCUT2D eigenvalue weighted by atomic mass is 9.97. The van der Waals surface area contributed by atoms with Crippen LogP contribution in [-0.4, -0.2) is 77.2 Å². The highest BCUT2D eigenvalue weighted by atomic mass is 32.2. The Kier molecular flexibility index (Phi) is 10.6. The molecule has 1 saturated heterocycles. The Balaban J connectivity index is 1.45. The number of ether oxygens (including phenoxy) is 1. The van der Waals surface area contributed by atoms with Crippen LogP contribution in [0.15, 0.2) is 75.6 Å². The summed E-state index contributed by atoms with van der Waals surface area (Å²) < 4.78 is 35.6. The molecular weight excluding hydrogens is 611 g/mol. The van der Waals surface area contributed by atoms with Crippen LogP contribution in [-0.2, 0) is 24.3 Å². The van der Waals surface area contributed by atoms with Crippen molar-refractivity contribution in [2.24, 2.45) is 10.9 Å². The Hall–Kier alpha value is -3.74. The van der Waals surface area contributed by atoms with Crippen molar-refractivity contribution >= 4 is 44.9 Å². The van der Waals surface area contributed by atoms with Crippen molar-refractivity contribution in [2.45, 2.75) is 51.3 Å². The molecule has 5 rings (SSSR count). The van der Waals surface area contributed by atoms with E-state index in [1.54, 1.807) is 35.9 Å². The van der Waals surface area contributed by atoms with Gasteiger partial charge in [0.05, 0.1) is 28.0 Å². The summed E-state index contributed by atoms with van der Waals surface area (Å²) in [4.78, 5) is 32.3. The maximum absolute atomic E-state index is 13.6. The van der Waals surface area contributed by atoms with Gasteiger partial charge in [0.25, 0.3) is 5.91 Å². The number of likely N-dealkylation sites (tertiary alicyclic amines) is 1. The van der Waals surface area contributed by atoms with E-state index in [9.17, 15) is 18.0 Å². The Morgan fingerprint density at radius 2 is 1.76 bits per heavy atom. The SMILES string of the molecule is CCCN(CCC)S(=O)(=O)c1cccc(-c2nn(-c3ccccc3)cc2/C=C2\SC(N3CCC(C(=O)OCC)CC3)=NC2=O)c1. The molecule has 0 radical (unpaired) electrons. The summed E-state index contributed by atoms with van der Waals surface area (Å²) in [6.45, 7) is 8.22. The van der Waals surface area contributed by atoms with E-state index in [1.165, 1.54) is 16.1 Å². The zero-order chi connectivity index (χ0) is 32.0. The maximum Gasteiger partial charge on any atom is 0.309 e. The maximum atomic E-state index is 13.6. The Bertz CT molecular complexity index is 1690. The molecule has 45 heavy (non-hydrogen) atoms. The third-order valence-electron chi connectivity index (χ3n) is 7.74. The molecule has 1 amide bonds. The van der Waals surface area contributed by atoms with E-state index in [-0.39, 0.29) is 22.7 Å². The van der Waals surface area contributed by atoms with Gasteiger partial charge in [0, 0.05) is 43.5 Å². The number of rotatable bonds is 11. The van der Waals surface area contributed by atoms with Crippen LogP contribution in [0, 0.1) is 5.92 Å². The van der Waals surface area contributed by atoms with Gasteiger partial charge in [0.2, 0.25) is 10.0 Å². The molecule has 3 heterocycles. The summed E-state index contributed by atoms with van der Waals surface area (Å²) in [6, 6.07) is 16.5. The molecule has 10 nitrogen and oxygen atoms in total. The third kappa shape index (κ3) is 7.40. The second kappa shape index (κ2) is 14.6. The lowest BCUT2D eigenvalue weighted by Crippen LogP contribution is -2.39. The van der Waals surface area contributed by atoms with Crippen molar-refractivity contribution in [3.8, 4) is 16.9 Å². The fourth-order valence-corrected chi connectivity index (χ4v) is 8.10. The van der Waals surface area contributed by atoms with Gasteiger partial charge in [0.1, 0.15) is 5.69 Å².